The summed E-state index contributed by atoms with van der Waals surface area (Å²) in [5.41, 5.74) is 8.37. The molecule has 0 aliphatic heterocycles. The number of hydrogen-bond donors (Lipinski definition) is 2. The molecule has 3 heterocycles. The fraction of sp³-hybridized carbons (Fsp3) is 0.321. The molecule has 3 aromatic heterocycles. The third-order valence-corrected chi connectivity index (χ3v) is 8.40. The van der Waals surface area contributed by atoms with Crippen molar-refractivity contribution < 1.29 is 18.7 Å². The number of halogens is 2. The monoisotopic (exact) mass is 516 g/mol. The van der Waals surface area contributed by atoms with Gasteiger partial charge in [-0.25, -0.2) is 8.78 Å². The van der Waals surface area contributed by atoms with Crippen LogP contribution in [0, 0.1) is 17.0 Å². The first-order valence-electron chi connectivity index (χ1n) is 12.4. The number of aliphatic hydroxyl groups excluding tert-OH is 1. The smallest absolute Gasteiger partial charge is 0.248 e. The number of hydrogen-bond acceptors (Lipinski definition) is 6. The fourth-order valence-electron chi connectivity index (χ4n) is 6.45. The highest BCUT2D eigenvalue weighted by Crippen LogP contribution is 2.69. The van der Waals surface area contributed by atoms with Crippen molar-refractivity contribution in [3.8, 4) is 22.5 Å². The first-order chi connectivity index (χ1) is 18.1. The summed E-state index contributed by atoms with van der Waals surface area (Å²) in [6, 6.07) is 11.3. The number of nitrogens with zero attached hydrogens (tertiary/aromatic N) is 5. The molecule has 1 unspecified atom stereocenters. The van der Waals surface area contributed by atoms with Crippen LogP contribution in [-0.4, -0.2) is 42.1 Å². The summed E-state index contributed by atoms with van der Waals surface area (Å²) in [6.45, 7) is 4.32. The van der Waals surface area contributed by atoms with Gasteiger partial charge in [0.25, 0.3) is 0 Å². The predicted molar refractivity (Wildman–Crippen MR) is 135 cm³/mol. The standard InChI is InChI=1S/C28H26F2N6O2/c1-27(2)17-9-10-28(27,25-16(17)11-21(34-35-25)24-18(29)5-3-6-19(24)30)23-8-4-7-20(33-23)15-12-32-36(13-15)14-22(37)26(31)38/h3-8,11-13,17,22,37H,9-10,14H2,1-2H3,(H2,31,38)/t17-,22?,28-/m0/s1. The van der Waals surface area contributed by atoms with Crippen molar-refractivity contribution in [1.82, 2.24) is 25.0 Å². The number of aromatic nitrogens is 5. The Morgan fingerprint density at radius 3 is 2.63 bits per heavy atom. The molecule has 0 spiro atoms. The van der Waals surface area contributed by atoms with E-state index in [2.05, 4.69) is 29.1 Å². The molecule has 0 saturated heterocycles. The maximum absolute atomic E-state index is 14.5. The van der Waals surface area contributed by atoms with Crippen LogP contribution < -0.4 is 5.73 Å². The lowest BCUT2D eigenvalue weighted by Gasteiger charge is -2.37. The molecule has 1 fully saturated rings. The Balaban J connectivity index is 1.42. The lowest BCUT2D eigenvalue weighted by molar-refractivity contribution is -0.126. The highest BCUT2D eigenvalue weighted by Gasteiger charge is 2.65. The zero-order valence-corrected chi connectivity index (χ0v) is 20.9. The van der Waals surface area contributed by atoms with Gasteiger partial charge in [0.1, 0.15) is 11.6 Å². The lowest BCUT2D eigenvalue weighted by atomic mass is 9.66. The molecule has 1 saturated carbocycles. The zero-order valence-electron chi connectivity index (χ0n) is 20.9. The largest absolute Gasteiger partial charge is 0.381 e. The minimum absolute atomic E-state index is 0.0540. The van der Waals surface area contributed by atoms with Gasteiger partial charge in [-0.15, -0.1) is 5.10 Å². The molecular formula is C28H26F2N6O2. The second-order valence-corrected chi connectivity index (χ2v) is 10.6. The number of fused-ring (bicyclic) bond motifs is 5. The Kier molecular flexibility index (Phi) is 5.43. The van der Waals surface area contributed by atoms with Crippen molar-refractivity contribution in [1.29, 1.82) is 0 Å². The maximum atomic E-state index is 14.5. The molecule has 10 heteroatoms. The highest BCUT2D eigenvalue weighted by atomic mass is 19.1. The average Bonchev–Trinajstić information content (AvgIpc) is 3.51. The molecule has 3 atom stereocenters. The van der Waals surface area contributed by atoms with Crippen LogP contribution in [0.1, 0.15) is 49.6 Å². The third kappa shape index (κ3) is 3.39. The van der Waals surface area contributed by atoms with Crippen LogP contribution in [-0.2, 0) is 16.8 Å². The van der Waals surface area contributed by atoms with Gasteiger partial charge in [0, 0.05) is 11.8 Å². The number of carbonyl (C=O) groups excluding carboxylic acids is 1. The SMILES string of the molecule is CC1(C)[C@H]2CC[C@]1(c1cccc(-c3cnn(CC(O)C(N)=O)c3)n1)c1nnc(-c3c(F)cccc3F)cc12. The Bertz CT molecular complexity index is 1570. The van der Waals surface area contributed by atoms with E-state index in [1.165, 1.54) is 22.9 Å². The van der Waals surface area contributed by atoms with E-state index in [0.29, 0.717) is 5.69 Å². The number of primary amides is 1. The topological polar surface area (TPSA) is 120 Å². The summed E-state index contributed by atoms with van der Waals surface area (Å²) in [5, 5.41) is 22.9. The Hall–Kier alpha value is -4.05. The summed E-state index contributed by atoms with van der Waals surface area (Å²) >= 11 is 0. The van der Waals surface area contributed by atoms with Crippen molar-refractivity contribution in [3.63, 3.8) is 0 Å². The van der Waals surface area contributed by atoms with E-state index in [4.69, 9.17) is 10.7 Å². The van der Waals surface area contributed by atoms with Gasteiger partial charge >= 0.3 is 0 Å². The minimum atomic E-state index is -1.34. The van der Waals surface area contributed by atoms with Crippen LogP contribution in [0.5, 0.6) is 0 Å². The molecule has 38 heavy (non-hydrogen) atoms. The van der Waals surface area contributed by atoms with E-state index in [9.17, 15) is 18.7 Å². The number of rotatable bonds is 6. The number of carbonyl (C=O) groups is 1. The number of nitrogens with two attached hydrogens (primary N) is 1. The van der Waals surface area contributed by atoms with Gasteiger partial charge in [-0.2, -0.15) is 10.2 Å². The molecular weight excluding hydrogens is 490 g/mol. The highest BCUT2D eigenvalue weighted by molar-refractivity contribution is 5.78. The molecule has 4 aromatic rings. The van der Waals surface area contributed by atoms with Crippen LogP contribution in [0.25, 0.3) is 22.5 Å². The quantitative estimate of drug-likeness (QED) is 0.403. The van der Waals surface area contributed by atoms with Crippen LogP contribution in [0.15, 0.2) is 54.9 Å². The van der Waals surface area contributed by atoms with Crippen molar-refractivity contribution in [2.24, 2.45) is 11.1 Å². The van der Waals surface area contributed by atoms with Crippen LogP contribution in [0.2, 0.25) is 0 Å². The molecule has 8 nitrogen and oxygen atoms in total. The van der Waals surface area contributed by atoms with E-state index in [-0.39, 0.29) is 29.1 Å². The molecule has 2 bridgehead atoms. The Morgan fingerprint density at radius 1 is 1.16 bits per heavy atom. The van der Waals surface area contributed by atoms with Crippen molar-refractivity contribution in [2.45, 2.75) is 50.7 Å². The maximum Gasteiger partial charge on any atom is 0.248 e. The molecule has 1 aromatic carbocycles. The second-order valence-electron chi connectivity index (χ2n) is 10.6. The lowest BCUT2D eigenvalue weighted by Crippen LogP contribution is -2.37. The van der Waals surface area contributed by atoms with E-state index in [1.54, 1.807) is 18.5 Å². The van der Waals surface area contributed by atoms with E-state index < -0.39 is 29.1 Å². The van der Waals surface area contributed by atoms with Crippen LogP contribution in [0.4, 0.5) is 8.78 Å². The van der Waals surface area contributed by atoms with Crippen LogP contribution >= 0.6 is 0 Å². The second kappa shape index (κ2) is 8.49. The summed E-state index contributed by atoms with van der Waals surface area (Å²) < 4.78 is 30.5. The normalized spacial score (nSPS) is 21.9. The van der Waals surface area contributed by atoms with Crippen molar-refractivity contribution >= 4 is 5.91 Å². The van der Waals surface area contributed by atoms with Crippen LogP contribution in [0.3, 0.4) is 0 Å². The van der Waals surface area contributed by atoms with E-state index in [0.717, 1.165) is 35.4 Å². The average molecular weight is 517 g/mol. The number of benzene rings is 1. The van der Waals surface area contributed by atoms with Gasteiger partial charge in [-0.1, -0.05) is 26.0 Å². The Labute approximate surface area is 217 Å². The number of aliphatic hydroxyl groups is 1. The molecule has 2 aliphatic carbocycles. The van der Waals surface area contributed by atoms with Gasteiger partial charge in [0.05, 0.1) is 46.5 Å². The molecule has 2 aliphatic rings. The minimum Gasteiger partial charge on any atom is -0.381 e. The Morgan fingerprint density at radius 2 is 1.89 bits per heavy atom. The first kappa shape index (κ1) is 24.3. The summed E-state index contributed by atoms with van der Waals surface area (Å²) in [4.78, 5) is 16.2. The van der Waals surface area contributed by atoms with Gasteiger partial charge < -0.3 is 10.8 Å². The van der Waals surface area contributed by atoms with Gasteiger partial charge in [-0.05, 0) is 60.1 Å². The third-order valence-electron chi connectivity index (χ3n) is 8.40. The van der Waals surface area contributed by atoms with E-state index >= 15 is 0 Å². The van der Waals surface area contributed by atoms with Gasteiger partial charge in [0.15, 0.2) is 6.10 Å². The van der Waals surface area contributed by atoms with Crippen molar-refractivity contribution in [2.75, 3.05) is 0 Å². The molecule has 6 rings (SSSR count). The molecule has 3 N–H and O–H groups in total. The van der Waals surface area contributed by atoms with Gasteiger partial charge in [-0.3, -0.25) is 14.5 Å². The predicted octanol–water partition coefficient (Wildman–Crippen LogP) is 3.73. The summed E-state index contributed by atoms with van der Waals surface area (Å²) in [5.74, 6) is -2.03. The number of amides is 1. The van der Waals surface area contributed by atoms with Crippen molar-refractivity contribution in [3.05, 3.63) is 83.4 Å². The molecule has 1 amide bonds. The molecule has 0 radical (unpaired) electrons. The number of pyridine rings is 1. The molecule has 194 valence electrons. The first-order valence-corrected chi connectivity index (χ1v) is 12.4. The fourth-order valence-corrected chi connectivity index (χ4v) is 6.45. The summed E-state index contributed by atoms with van der Waals surface area (Å²) in [6.07, 6.45) is 3.70. The van der Waals surface area contributed by atoms with Gasteiger partial charge in [0.2, 0.25) is 5.91 Å². The zero-order chi connectivity index (χ0) is 26.8. The summed E-state index contributed by atoms with van der Waals surface area (Å²) in [7, 11) is 0. The van der Waals surface area contributed by atoms with E-state index in [1.807, 2.05) is 18.2 Å².